The van der Waals surface area contributed by atoms with Crippen molar-refractivity contribution in [2.45, 2.75) is 44.9 Å². The highest BCUT2D eigenvalue weighted by Crippen LogP contribution is 2.26. The van der Waals surface area contributed by atoms with Crippen molar-refractivity contribution in [2.24, 2.45) is 5.92 Å². The number of nitrogens with one attached hydrogen (secondary N) is 1. The molecule has 1 saturated carbocycles. The summed E-state index contributed by atoms with van der Waals surface area (Å²) >= 11 is 0. The molecule has 1 aliphatic carbocycles. The Morgan fingerprint density at radius 3 is 2.53 bits per heavy atom. The smallest absolute Gasteiger partial charge is 0.316 e. The van der Waals surface area contributed by atoms with E-state index in [0.717, 1.165) is 12.5 Å². The van der Waals surface area contributed by atoms with Gasteiger partial charge in [-0.2, -0.15) is 8.42 Å². The molecule has 0 aromatic carbocycles. The van der Waals surface area contributed by atoms with Crippen LogP contribution in [-0.2, 0) is 9.15 Å². The van der Waals surface area contributed by atoms with Gasteiger partial charge in [-0.15, -0.1) is 0 Å². The zero-order valence-corrected chi connectivity index (χ0v) is 11.9. The summed E-state index contributed by atoms with van der Waals surface area (Å²) in [6, 6.07) is 0. The Kier molecular flexibility index (Phi) is 7.50. The van der Waals surface area contributed by atoms with E-state index in [2.05, 4.69) is 5.32 Å². The summed E-state index contributed by atoms with van der Waals surface area (Å²) in [5, 5.41) is 3.20. The van der Waals surface area contributed by atoms with Crippen LogP contribution >= 0.6 is 10.8 Å². The molecule has 0 aliphatic heterocycles. The standard InChI is InChI=1S/C11H23NO3S2/c13-17(14,15)16-10-9-12-8-4-7-11-5-2-1-3-6-11/h11-12H,1-10H2,(H,13,14,15). The van der Waals surface area contributed by atoms with E-state index in [1.54, 1.807) is 0 Å². The predicted molar refractivity (Wildman–Crippen MR) is 72.7 cm³/mol. The summed E-state index contributed by atoms with van der Waals surface area (Å²) < 4.78 is 29.3. The minimum absolute atomic E-state index is 0.405. The summed E-state index contributed by atoms with van der Waals surface area (Å²) in [6.45, 7) is 1.58. The molecule has 0 unspecified atom stereocenters. The second kappa shape index (κ2) is 8.34. The molecule has 0 saturated heterocycles. The minimum Gasteiger partial charge on any atom is -0.316 e. The van der Waals surface area contributed by atoms with E-state index < -0.39 is 9.15 Å². The third kappa shape index (κ3) is 8.88. The Balaban J connectivity index is 1.87. The summed E-state index contributed by atoms with van der Waals surface area (Å²) in [7, 11) is -3.27. The van der Waals surface area contributed by atoms with E-state index in [4.69, 9.17) is 4.55 Å². The number of rotatable bonds is 8. The Morgan fingerprint density at radius 1 is 1.18 bits per heavy atom. The van der Waals surface area contributed by atoms with Crippen molar-refractivity contribution in [3.05, 3.63) is 0 Å². The van der Waals surface area contributed by atoms with Gasteiger partial charge >= 0.3 is 9.15 Å². The molecule has 0 amide bonds. The van der Waals surface area contributed by atoms with Crippen molar-refractivity contribution in [1.29, 1.82) is 0 Å². The van der Waals surface area contributed by atoms with Crippen molar-refractivity contribution in [3.63, 3.8) is 0 Å². The molecule has 0 aromatic heterocycles. The lowest BCUT2D eigenvalue weighted by atomic mass is 9.86. The second-order valence-corrected chi connectivity index (χ2v) is 8.12. The van der Waals surface area contributed by atoms with Gasteiger partial charge in [0.2, 0.25) is 0 Å². The Morgan fingerprint density at radius 2 is 1.88 bits per heavy atom. The normalized spacial score (nSPS) is 18.4. The topological polar surface area (TPSA) is 66.4 Å². The molecule has 0 heterocycles. The monoisotopic (exact) mass is 281 g/mol. The van der Waals surface area contributed by atoms with Crippen LogP contribution in [-0.4, -0.2) is 31.8 Å². The van der Waals surface area contributed by atoms with Gasteiger partial charge in [0, 0.05) is 12.3 Å². The molecule has 2 N–H and O–H groups in total. The molecule has 17 heavy (non-hydrogen) atoms. The molecule has 1 aliphatic rings. The quantitative estimate of drug-likeness (QED) is 0.406. The molecule has 4 nitrogen and oxygen atoms in total. The molecule has 0 bridgehead atoms. The van der Waals surface area contributed by atoms with Gasteiger partial charge in [-0.25, -0.2) is 0 Å². The maximum atomic E-state index is 10.4. The van der Waals surface area contributed by atoms with Crippen LogP contribution in [0.25, 0.3) is 0 Å². The summed E-state index contributed by atoms with van der Waals surface area (Å²) in [5.41, 5.74) is 0. The van der Waals surface area contributed by atoms with Crippen LogP contribution in [0.5, 0.6) is 0 Å². The molecule has 102 valence electrons. The van der Waals surface area contributed by atoms with Crippen LogP contribution in [0.4, 0.5) is 0 Å². The van der Waals surface area contributed by atoms with Crippen LogP contribution in [0.1, 0.15) is 44.9 Å². The Bertz CT molecular complexity index is 287. The molecule has 1 fully saturated rings. The third-order valence-electron chi connectivity index (χ3n) is 3.20. The van der Waals surface area contributed by atoms with Gasteiger partial charge in [-0.05, 0) is 36.1 Å². The van der Waals surface area contributed by atoms with Crippen molar-refractivity contribution < 1.29 is 13.0 Å². The van der Waals surface area contributed by atoms with Crippen molar-refractivity contribution in [3.8, 4) is 0 Å². The average Bonchev–Trinajstić information content (AvgIpc) is 2.28. The fraction of sp³-hybridized carbons (Fsp3) is 1.00. The van der Waals surface area contributed by atoms with Crippen molar-refractivity contribution in [2.75, 3.05) is 18.8 Å². The SMILES string of the molecule is O=S(=O)(O)SCCNCCCC1CCCCC1. The van der Waals surface area contributed by atoms with Gasteiger partial charge in [0.05, 0.1) is 0 Å². The molecule has 0 spiro atoms. The Hall–Kier alpha value is 0.220. The molecule has 1 rings (SSSR count). The van der Waals surface area contributed by atoms with E-state index in [1.165, 1.54) is 44.9 Å². The highest BCUT2D eigenvalue weighted by Gasteiger charge is 2.12. The lowest BCUT2D eigenvalue weighted by Crippen LogP contribution is -2.20. The van der Waals surface area contributed by atoms with Crippen LogP contribution < -0.4 is 5.32 Å². The first-order valence-electron chi connectivity index (χ1n) is 6.40. The van der Waals surface area contributed by atoms with Crippen LogP contribution in [0.3, 0.4) is 0 Å². The predicted octanol–water partition coefficient (Wildman–Crippen LogP) is 2.47. The summed E-state index contributed by atoms with van der Waals surface area (Å²) in [5.74, 6) is 1.32. The fourth-order valence-corrected chi connectivity index (χ4v) is 3.66. The molecule has 0 aromatic rings. The first kappa shape index (κ1) is 15.3. The molecular formula is C11H23NO3S2. The van der Waals surface area contributed by atoms with Crippen LogP contribution in [0, 0.1) is 5.92 Å². The lowest BCUT2D eigenvalue weighted by molar-refractivity contribution is 0.331. The van der Waals surface area contributed by atoms with Crippen molar-refractivity contribution in [1.82, 2.24) is 5.32 Å². The minimum atomic E-state index is -3.86. The van der Waals surface area contributed by atoms with E-state index in [-0.39, 0.29) is 0 Å². The summed E-state index contributed by atoms with van der Waals surface area (Å²) in [4.78, 5) is 0. The Labute approximate surface area is 108 Å². The number of hydrogen-bond donors (Lipinski definition) is 2. The largest absolute Gasteiger partial charge is 0.319 e. The molecular weight excluding hydrogens is 258 g/mol. The number of hydrogen-bond acceptors (Lipinski definition) is 4. The van der Waals surface area contributed by atoms with Gasteiger partial charge in [-0.3, -0.25) is 4.55 Å². The average molecular weight is 281 g/mol. The van der Waals surface area contributed by atoms with Gasteiger partial charge in [-0.1, -0.05) is 32.1 Å². The van der Waals surface area contributed by atoms with Crippen LogP contribution in [0.2, 0.25) is 0 Å². The first-order chi connectivity index (χ1) is 8.08. The second-order valence-electron chi connectivity index (χ2n) is 4.65. The van der Waals surface area contributed by atoms with E-state index in [9.17, 15) is 8.42 Å². The van der Waals surface area contributed by atoms with Gasteiger partial charge in [0.25, 0.3) is 0 Å². The van der Waals surface area contributed by atoms with E-state index >= 15 is 0 Å². The van der Waals surface area contributed by atoms with Crippen molar-refractivity contribution >= 4 is 19.9 Å². The summed E-state index contributed by atoms with van der Waals surface area (Å²) in [6.07, 6.45) is 9.42. The first-order valence-corrected chi connectivity index (χ1v) is 9.35. The molecule has 0 atom stereocenters. The zero-order valence-electron chi connectivity index (χ0n) is 10.2. The van der Waals surface area contributed by atoms with Gasteiger partial charge < -0.3 is 5.32 Å². The maximum Gasteiger partial charge on any atom is 0.319 e. The van der Waals surface area contributed by atoms with Gasteiger partial charge in [0.1, 0.15) is 0 Å². The molecule has 6 heteroatoms. The van der Waals surface area contributed by atoms with Gasteiger partial charge in [0.15, 0.2) is 0 Å². The van der Waals surface area contributed by atoms with E-state index in [0.29, 0.717) is 23.1 Å². The fourth-order valence-electron chi connectivity index (χ4n) is 2.34. The lowest BCUT2D eigenvalue weighted by Gasteiger charge is -2.21. The highest BCUT2D eigenvalue weighted by atomic mass is 33.1. The van der Waals surface area contributed by atoms with Crippen LogP contribution in [0.15, 0.2) is 0 Å². The van der Waals surface area contributed by atoms with E-state index in [1.807, 2.05) is 0 Å². The zero-order chi connectivity index (χ0) is 12.6. The third-order valence-corrected chi connectivity index (χ3v) is 5.26. The maximum absolute atomic E-state index is 10.4. The highest BCUT2D eigenvalue weighted by molar-refractivity contribution is 8.69. The molecule has 0 radical (unpaired) electrons.